The molecule has 1 N–H and O–H groups in total. The standard InChI is InChI=1S/C18H26N2O2/c1-3-9-22-17-6-4-5-13(10-17)18(21)20(2)16-11-14-7-8-15(12-16)19-14/h4-6,10,14-16,19H,3,7-9,11-12H2,1-2H3. The molecule has 120 valence electrons. The maximum absolute atomic E-state index is 12.8. The van der Waals surface area contributed by atoms with Crippen molar-refractivity contribution in [1.82, 2.24) is 10.2 Å². The third-order valence-corrected chi connectivity index (χ3v) is 4.87. The molecule has 4 heteroatoms. The Morgan fingerprint density at radius 3 is 2.73 bits per heavy atom. The van der Waals surface area contributed by atoms with Crippen molar-refractivity contribution >= 4 is 5.91 Å². The SMILES string of the molecule is CCCOc1cccc(C(=O)N(C)C2CC3CCC(C2)N3)c1. The van der Waals surface area contributed by atoms with Gasteiger partial charge >= 0.3 is 0 Å². The van der Waals surface area contributed by atoms with E-state index in [0.717, 1.165) is 30.6 Å². The number of hydrogen-bond acceptors (Lipinski definition) is 3. The Hall–Kier alpha value is -1.55. The molecule has 4 nitrogen and oxygen atoms in total. The summed E-state index contributed by atoms with van der Waals surface area (Å²) in [6.45, 7) is 2.76. The van der Waals surface area contributed by atoms with Crippen molar-refractivity contribution < 1.29 is 9.53 Å². The molecule has 2 saturated heterocycles. The fourth-order valence-corrected chi connectivity index (χ4v) is 3.65. The molecular formula is C18H26N2O2. The highest BCUT2D eigenvalue weighted by Gasteiger charge is 2.36. The molecule has 1 amide bonds. The molecule has 2 aliphatic heterocycles. The van der Waals surface area contributed by atoms with E-state index in [-0.39, 0.29) is 5.91 Å². The van der Waals surface area contributed by atoms with Gasteiger partial charge < -0.3 is 15.0 Å². The van der Waals surface area contributed by atoms with Crippen molar-refractivity contribution in [2.75, 3.05) is 13.7 Å². The number of rotatable bonds is 5. The van der Waals surface area contributed by atoms with Gasteiger partial charge in [0, 0.05) is 30.7 Å². The highest BCUT2D eigenvalue weighted by atomic mass is 16.5. The third-order valence-electron chi connectivity index (χ3n) is 4.87. The topological polar surface area (TPSA) is 41.6 Å². The van der Waals surface area contributed by atoms with Crippen molar-refractivity contribution in [3.05, 3.63) is 29.8 Å². The van der Waals surface area contributed by atoms with E-state index in [1.54, 1.807) is 0 Å². The van der Waals surface area contributed by atoms with Gasteiger partial charge in [0.1, 0.15) is 5.75 Å². The predicted molar refractivity (Wildman–Crippen MR) is 87.3 cm³/mol. The maximum atomic E-state index is 12.8. The van der Waals surface area contributed by atoms with Crippen molar-refractivity contribution in [1.29, 1.82) is 0 Å². The first-order chi connectivity index (χ1) is 10.7. The van der Waals surface area contributed by atoms with Crippen molar-refractivity contribution in [3.8, 4) is 5.75 Å². The van der Waals surface area contributed by atoms with Gasteiger partial charge in [-0.05, 0) is 50.3 Å². The number of fused-ring (bicyclic) bond motifs is 2. The fourth-order valence-electron chi connectivity index (χ4n) is 3.65. The quantitative estimate of drug-likeness (QED) is 0.909. The molecule has 0 saturated carbocycles. The third kappa shape index (κ3) is 3.27. The highest BCUT2D eigenvalue weighted by Crippen LogP contribution is 2.30. The Morgan fingerprint density at radius 2 is 2.05 bits per heavy atom. The number of nitrogens with one attached hydrogen (secondary N) is 1. The zero-order valence-electron chi connectivity index (χ0n) is 13.5. The Balaban J connectivity index is 1.67. The van der Waals surface area contributed by atoms with Gasteiger partial charge in [0.2, 0.25) is 0 Å². The molecule has 2 unspecified atom stereocenters. The minimum Gasteiger partial charge on any atom is -0.494 e. The maximum Gasteiger partial charge on any atom is 0.253 e. The number of nitrogens with zero attached hydrogens (tertiary/aromatic N) is 1. The number of carbonyl (C=O) groups is 1. The first kappa shape index (κ1) is 15.3. The Bertz CT molecular complexity index is 520. The van der Waals surface area contributed by atoms with Gasteiger partial charge in [-0.3, -0.25) is 4.79 Å². The summed E-state index contributed by atoms with van der Waals surface area (Å²) >= 11 is 0. The minimum atomic E-state index is 0.105. The number of hydrogen-bond donors (Lipinski definition) is 1. The lowest BCUT2D eigenvalue weighted by molar-refractivity contribution is 0.0681. The monoisotopic (exact) mass is 302 g/mol. The van der Waals surface area contributed by atoms with Crippen LogP contribution in [0, 0.1) is 0 Å². The summed E-state index contributed by atoms with van der Waals surface area (Å²) in [5, 5.41) is 3.63. The molecule has 0 aliphatic carbocycles. The van der Waals surface area contributed by atoms with Crippen molar-refractivity contribution in [2.24, 2.45) is 0 Å². The second kappa shape index (κ2) is 6.69. The normalized spacial score (nSPS) is 26.7. The van der Waals surface area contributed by atoms with Crippen LogP contribution < -0.4 is 10.1 Å². The van der Waals surface area contributed by atoms with Crippen LogP contribution in [-0.2, 0) is 0 Å². The van der Waals surface area contributed by atoms with Crippen LogP contribution in [0.15, 0.2) is 24.3 Å². The molecule has 2 atom stereocenters. The zero-order chi connectivity index (χ0) is 15.5. The van der Waals surface area contributed by atoms with E-state index in [1.165, 1.54) is 12.8 Å². The smallest absolute Gasteiger partial charge is 0.253 e. The van der Waals surface area contributed by atoms with Crippen LogP contribution in [0.2, 0.25) is 0 Å². The summed E-state index contributed by atoms with van der Waals surface area (Å²) < 4.78 is 5.63. The number of benzene rings is 1. The molecule has 2 heterocycles. The summed E-state index contributed by atoms with van der Waals surface area (Å²) in [6, 6.07) is 9.11. The summed E-state index contributed by atoms with van der Waals surface area (Å²) in [5.41, 5.74) is 0.724. The van der Waals surface area contributed by atoms with E-state index in [0.29, 0.717) is 24.7 Å². The fraction of sp³-hybridized carbons (Fsp3) is 0.611. The lowest BCUT2D eigenvalue weighted by atomic mass is 9.98. The van der Waals surface area contributed by atoms with E-state index in [4.69, 9.17) is 4.74 Å². The number of ether oxygens (including phenoxy) is 1. The summed E-state index contributed by atoms with van der Waals surface area (Å²) in [5.74, 6) is 0.889. The van der Waals surface area contributed by atoms with Gasteiger partial charge in [0.05, 0.1) is 6.61 Å². The van der Waals surface area contributed by atoms with Crippen LogP contribution in [0.4, 0.5) is 0 Å². The van der Waals surface area contributed by atoms with Crippen LogP contribution in [0.5, 0.6) is 5.75 Å². The molecule has 0 radical (unpaired) electrons. The van der Waals surface area contributed by atoms with Crippen LogP contribution >= 0.6 is 0 Å². The van der Waals surface area contributed by atoms with E-state index >= 15 is 0 Å². The van der Waals surface area contributed by atoms with E-state index < -0.39 is 0 Å². The van der Waals surface area contributed by atoms with Gasteiger partial charge in [-0.15, -0.1) is 0 Å². The first-order valence-corrected chi connectivity index (χ1v) is 8.43. The molecule has 1 aromatic carbocycles. The summed E-state index contributed by atoms with van der Waals surface area (Å²) in [4.78, 5) is 14.7. The molecule has 1 aromatic rings. The van der Waals surface area contributed by atoms with Crippen LogP contribution in [0.25, 0.3) is 0 Å². The zero-order valence-corrected chi connectivity index (χ0v) is 13.5. The summed E-state index contributed by atoms with van der Waals surface area (Å²) in [7, 11) is 1.94. The Kier molecular flexibility index (Phi) is 4.67. The van der Waals surface area contributed by atoms with Gasteiger partial charge in [-0.1, -0.05) is 13.0 Å². The van der Waals surface area contributed by atoms with Crippen LogP contribution in [0.3, 0.4) is 0 Å². The van der Waals surface area contributed by atoms with Crippen molar-refractivity contribution in [3.63, 3.8) is 0 Å². The van der Waals surface area contributed by atoms with E-state index in [9.17, 15) is 4.79 Å². The molecule has 0 aromatic heterocycles. The molecule has 22 heavy (non-hydrogen) atoms. The Morgan fingerprint density at radius 1 is 1.32 bits per heavy atom. The van der Waals surface area contributed by atoms with Gasteiger partial charge in [-0.2, -0.15) is 0 Å². The molecule has 0 spiro atoms. The second-order valence-corrected chi connectivity index (χ2v) is 6.56. The first-order valence-electron chi connectivity index (χ1n) is 8.43. The van der Waals surface area contributed by atoms with E-state index in [1.807, 2.05) is 36.2 Å². The number of carbonyl (C=O) groups excluding carboxylic acids is 1. The molecule has 2 aliphatic rings. The molecule has 2 fully saturated rings. The van der Waals surface area contributed by atoms with Gasteiger partial charge in [0.15, 0.2) is 0 Å². The number of amides is 1. The van der Waals surface area contributed by atoms with Crippen LogP contribution in [0.1, 0.15) is 49.4 Å². The van der Waals surface area contributed by atoms with Crippen molar-refractivity contribution in [2.45, 2.75) is 57.2 Å². The van der Waals surface area contributed by atoms with Crippen LogP contribution in [-0.4, -0.2) is 42.6 Å². The Labute approximate surface area is 132 Å². The predicted octanol–water partition coefficient (Wildman–Crippen LogP) is 2.83. The lowest BCUT2D eigenvalue weighted by Crippen LogP contribution is -2.48. The average molecular weight is 302 g/mol. The largest absolute Gasteiger partial charge is 0.494 e. The molecule has 2 bridgehead atoms. The van der Waals surface area contributed by atoms with Gasteiger partial charge in [0.25, 0.3) is 5.91 Å². The molecule has 3 rings (SSSR count). The highest BCUT2D eigenvalue weighted by molar-refractivity contribution is 5.94. The number of piperidine rings is 1. The minimum absolute atomic E-state index is 0.105. The lowest BCUT2D eigenvalue weighted by Gasteiger charge is -2.35. The second-order valence-electron chi connectivity index (χ2n) is 6.56. The van der Waals surface area contributed by atoms with Gasteiger partial charge in [-0.25, -0.2) is 0 Å². The summed E-state index contributed by atoms with van der Waals surface area (Å²) in [6.07, 6.45) is 5.62. The van der Waals surface area contributed by atoms with E-state index in [2.05, 4.69) is 12.2 Å². The molecular weight excluding hydrogens is 276 g/mol. The average Bonchev–Trinajstić information content (AvgIpc) is 2.89.